The monoisotopic (exact) mass is 300 g/mol. The average Bonchev–Trinajstić information content (AvgIpc) is 2.82. The normalized spacial score (nSPS) is 10.9. The molecule has 0 unspecified atom stereocenters. The zero-order valence-corrected chi connectivity index (χ0v) is 11.6. The number of furan rings is 1. The lowest BCUT2D eigenvalue weighted by molar-refractivity contribution is 0.530. The molecule has 0 N–H and O–H groups in total. The molecule has 0 saturated carbocycles. The average molecular weight is 301 g/mol. The van der Waals surface area contributed by atoms with E-state index in [2.05, 4.69) is 21.0 Å². The van der Waals surface area contributed by atoms with E-state index in [1.165, 1.54) is 5.69 Å². The summed E-state index contributed by atoms with van der Waals surface area (Å²) in [5.41, 5.74) is 2.25. The van der Waals surface area contributed by atoms with Crippen molar-refractivity contribution < 1.29 is 4.42 Å². The van der Waals surface area contributed by atoms with Gasteiger partial charge in [-0.2, -0.15) is 5.10 Å². The van der Waals surface area contributed by atoms with Gasteiger partial charge in [0.1, 0.15) is 5.76 Å². The van der Waals surface area contributed by atoms with Crippen LogP contribution in [-0.2, 0) is 18.6 Å². The minimum Gasteiger partial charge on any atom is -0.468 e. The Hall–Kier alpha value is -0.680. The minimum atomic E-state index is 0.893. The molecule has 2 aromatic rings. The van der Waals surface area contributed by atoms with Gasteiger partial charge >= 0.3 is 0 Å². The standard InChI is InChI=1S/C11H13BrN2OS/c1-8-11(12)10(14(2)13-8)7-16-6-9-4-3-5-15-9/h3-5H,6-7H2,1-2H3. The number of aryl methyl sites for hydroxylation is 2. The van der Waals surface area contributed by atoms with Gasteiger partial charge in [-0.1, -0.05) is 0 Å². The van der Waals surface area contributed by atoms with Gasteiger partial charge in [-0.3, -0.25) is 4.68 Å². The van der Waals surface area contributed by atoms with Crippen LogP contribution >= 0.6 is 27.7 Å². The first kappa shape index (κ1) is 11.8. The molecular formula is C11H13BrN2OS. The Kier molecular flexibility index (Phi) is 3.76. The van der Waals surface area contributed by atoms with Gasteiger partial charge in [-0.25, -0.2) is 0 Å². The summed E-state index contributed by atoms with van der Waals surface area (Å²) in [7, 11) is 1.97. The molecule has 0 fully saturated rings. The Labute approximate surface area is 107 Å². The first-order valence-electron chi connectivity index (χ1n) is 4.96. The molecule has 0 saturated heterocycles. The summed E-state index contributed by atoms with van der Waals surface area (Å²) >= 11 is 5.38. The van der Waals surface area contributed by atoms with Crippen LogP contribution in [0, 0.1) is 6.92 Å². The van der Waals surface area contributed by atoms with E-state index in [4.69, 9.17) is 4.42 Å². The van der Waals surface area contributed by atoms with Crippen LogP contribution in [0.3, 0.4) is 0 Å². The molecule has 0 aromatic carbocycles. The van der Waals surface area contributed by atoms with E-state index in [1.807, 2.05) is 42.5 Å². The van der Waals surface area contributed by atoms with Crippen LogP contribution in [0.5, 0.6) is 0 Å². The van der Waals surface area contributed by atoms with Crippen LogP contribution in [0.15, 0.2) is 27.3 Å². The number of rotatable bonds is 4. The largest absolute Gasteiger partial charge is 0.468 e. The van der Waals surface area contributed by atoms with Crippen LogP contribution in [0.25, 0.3) is 0 Å². The van der Waals surface area contributed by atoms with E-state index in [0.29, 0.717) is 0 Å². The first-order valence-corrected chi connectivity index (χ1v) is 6.91. The number of aromatic nitrogens is 2. The molecule has 0 atom stereocenters. The Morgan fingerprint density at radius 2 is 2.31 bits per heavy atom. The fourth-order valence-electron chi connectivity index (χ4n) is 1.48. The Bertz CT molecular complexity index is 465. The Morgan fingerprint density at radius 1 is 1.50 bits per heavy atom. The minimum absolute atomic E-state index is 0.893. The molecular weight excluding hydrogens is 288 g/mol. The SMILES string of the molecule is Cc1nn(C)c(CSCc2ccco2)c1Br. The highest BCUT2D eigenvalue weighted by Crippen LogP contribution is 2.25. The van der Waals surface area contributed by atoms with Crippen molar-refractivity contribution in [3.63, 3.8) is 0 Å². The van der Waals surface area contributed by atoms with Crippen molar-refractivity contribution in [2.75, 3.05) is 0 Å². The fourth-order valence-corrected chi connectivity index (χ4v) is 3.13. The number of halogens is 1. The van der Waals surface area contributed by atoms with Gasteiger partial charge in [0.05, 0.1) is 27.9 Å². The molecule has 0 aliphatic carbocycles. The van der Waals surface area contributed by atoms with Crippen molar-refractivity contribution in [3.05, 3.63) is 40.0 Å². The van der Waals surface area contributed by atoms with Gasteiger partial charge in [-0.15, -0.1) is 11.8 Å². The zero-order chi connectivity index (χ0) is 11.5. The maximum absolute atomic E-state index is 5.28. The van der Waals surface area contributed by atoms with Crippen LogP contribution in [0.1, 0.15) is 17.1 Å². The predicted molar refractivity (Wildman–Crippen MR) is 69.4 cm³/mol. The van der Waals surface area contributed by atoms with Crippen molar-refractivity contribution in [2.45, 2.75) is 18.4 Å². The van der Waals surface area contributed by atoms with Gasteiger partial charge < -0.3 is 4.42 Å². The van der Waals surface area contributed by atoms with E-state index in [0.717, 1.165) is 27.4 Å². The molecule has 5 heteroatoms. The van der Waals surface area contributed by atoms with Crippen LogP contribution in [-0.4, -0.2) is 9.78 Å². The lowest BCUT2D eigenvalue weighted by Gasteiger charge is -2.01. The van der Waals surface area contributed by atoms with Crippen molar-refractivity contribution >= 4 is 27.7 Å². The highest BCUT2D eigenvalue weighted by Gasteiger charge is 2.10. The van der Waals surface area contributed by atoms with E-state index < -0.39 is 0 Å². The maximum Gasteiger partial charge on any atom is 0.113 e. The van der Waals surface area contributed by atoms with Crippen LogP contribution in [0.2, 0.25) is 0 Å². The second kappa shape index (κ2) is 5.10. The summed E-state index contributed by atoms with van der Waals surface area (Å²) in [5.74, 6) is 2.84. The molecule has 0 spiro atoms. The van der Waals surface area contributed by atoms with Crippen molar-refractivity contribution in [2.24, 2.45) is 7.05 Å². The predicted octanol–water partition coefficient (Wildman–Crippen LogP) is 3.52. The second-order valence-electron chi connectivity index (χ2n) is 3.54. The molecule has 3 nitrogen and oxygen atoms in total. The van der Waals surface area contributed by atoms with E-state index in [1.54, 1.807) is 6.26 Å². The zero-order valence-electron chi connectivity index (χ0n) is 9.24. The summed E-state index contributed by atoms with van der Waals surface area (Å²) in [4.78, 5) is 0. The number of nitrogens with zero attached hydrogens (tertiary/aromatic N) is 2. The third kappa shape index (κ3) is 2.52. The van der Waals surface area contributed by atoms with Crippen molar-refractivity contribution in [1.82, 2.24) is 9.78 Å². The number of thioether (sulfide) groups is 1. The highest BCUT2D eigenvalue weighted by molar-refractivity contribution is 9.10. The summed E-state index contributed by atoms with van der Waals surface area (Å²) in [6, 6.07) is 3.91. The Morgan fingerprint density at radius 3 is 2.88 bits per heavy atom. The third-order valence-electron chi connectivity index (χ3n) is 2.32. The van der Waals surface area contributed by atoms with Crippen LogP contribution < -0.4 is 0 Å². The van der Waals surface area contributed by atoms with Gasteiger partial charge in [0.15, 0.2) is 0 Å². The molecule has 0 amide bonds. The lowest BCUT2D eigenvalue weighted by atomic mass is 10.4. The summed E-state index contributed by atoms with van der Waals surface area (Å²) in [5, 5.41) is 4.36. The van der Waals surface area contributed by atoms with E-state index >= 15 is 0 Å². The maximum atomic E-state index is 5.28. The molecule has 2 rings (SSSR count). The van der Waals surface area contributed by atoms with Crippen molar-refractivity contribution in [3.8, 4) is 0 Å². The fraction of sp³-hybridized carbons (Fsp3) is 0.364. The molecule has 16 heavy (non-hydrogen) atoms. The molecule has 0 radical (unpaired) electrons. The van der Waals surface area contributed by atoms with E-state index in [-0.39, 0.29) is 0 Å². The molecule has 2 aromatic heterocycles. The molecule has 0 bridgehead atoms. The van der Waals surface area contributed by atoms with Gasteiger partial charge in [-0.05, 0) is 35.0 Å². The Balaban J connectivity index is 1.95. The van der Waals surface area contributed by atoms with Gasteiger partial charge in [0, 0.05) is 12.8 Å². The smallest absolute Gasteiger partial charge is 0.113 e. The summed E-state index contributed by atoms with van der Waals surface area (Å²) in [6.07, 6.45) is 1.71. The summed E-state index contributed by atoms with van der Waals surface area (Å²) < 4.78 is 8.32. The third-order valence-corrected chi connectivity index (χ3v) is 4.32. The summed E-state index contributed by atoms with van der Waals surface area (Å²) in [6.45, 7) is 2.00. The lowest BCUT2D eigenvalue weighted by Crippen LogP contribution is -1.96. The van der Waals surface area contributed by atoms with Gasteiger partial charge in [0.25, 0.3) is 0 Å². The second-order valence-corrected chi connectivity index (χ2v) is 5.32. The molecule has 2 heterocycles. The topological polar surface area (TPSA) is 31.0 Å². The highest BCUT2D eigenvalue weighted by atomic mass is 79.9. The quantitative estimate of drug-likeness (QED) is 0.866. The number of hydrogen-bond donors (Lipinski definition) is 0. The number of hydrogen-bond acceptors (Lipinski definition) is 3. The van der Waals surface area contributed by atoms with E-state index in [9.17, 15) is 0 Å². The van der Waals surface area contributed by atoms with Crippen LogP contribution in [0.4, 0.5) is 0 Å². The van der Waals surface area contributed by atoms with Crippen molar-refractivity contribution in [1.29, 1.82) is 0 Å². The first-order chi connectivity index (χ1) is 7.68. The molecule has 0 aliphatic rings. The van der Waals surface area contributed by atoms with Gasteiger partial charge in [0.2, 0.25) is 0 Å². The molecule has 86 valence electrons. The molecule has 0 aliphatic heterocycles.